The average Bonchev–Trinajstić information content (AvgIpc) is 3.31. The van der Waals surface area contributed by atoms with E-state index < -0.39 is 9.84 Å². The van der Waals surface area contributed by atoms with Crippen LogP contribution in [0.1, 0.15) is 36.0 Å². The van der Waals surface area contributed by atoms with Crippen molar-refractivity contribution in [3.05, 3.63) is 84.4 Å². The molecule has 5 heteroatoms. The van der Waals surface area contributed by atoms with Gasteiger partial charge < -0.3 is 5.32 Å². The quantitative estimate of drug-likeness (QED) is 0.625. The summed E-state index contributed by atoms with van der Waals surface area (Å²) in [7, 11) is -3.29. The van der Waals surface area contributed by atoms with Gasteiger partial charge in [0.1, 0.15) is 0 Å². The Morgan fingerprint density at radius 3 is 2.10 bits per heavy atom. The number of carbonyl (C=O) groups excluding carboxylic acids is 1. The molecule has 1 amide bonds. The Bertz CT molecular complexity index is 1100. The third kappa shape index (κ3) is 4.10. The van der Waals surface area contributed by atoms with Gasteiger partial charge in [-0.1, -0.05) is 61.4 Å². The van der Waals surface area contributed by atoms with E-state index in [1.54, 1.807) is 30.3 Å². The molecular weight excluding hydrogens is 382 g/mol. The molecule has 148 valence electrons. The van der Waals surface area contributed by atoms with Crippen LogP contribution < -0.4 is 5.32 Å². The number of carbonyl (C=O) groups is 1. The average molecular weight is 406 g/mol. The molecule has 1 aliphatic carbocycles. The minimum Gasteiger partial charge on any atom is -0.322 e. The van der Waals surface area contributed by atoms with Gasteiger partial charge in [-0.3, -0.25) is 4.79 Å². The molecule has 3 aromatic carbocycles. The van der Waals surface area contributed by atoms with Crippen LogP contribution in [-0.2, 0) is 9.84 Å². The second kappa shape index (κ2) is 8.21. The van der Waals surface area contributed by atoms with E-state index in [1.807, 2.05) is 48.5 Å². The largest absolute Gasteiger partial charge is 0.322 e. The minimum absolute atomic E-state index is 0.226. The maximum atomic E-state index is 12.9. The summed E-state index contributed by atoms with van der Waals surface area (Å²) in [4.78, 5) is 13.2. The van der Waals surface area contributed by atoms with Gasteiger partial charge >= 0.3 is 0 Å². The fraction of sp³-hybridized carbons (Fsp3) is 0.208. The van der Waals surface area contributed by atoms with Crippen molar-refractivity contribution >= 4 is 21.4 Å². The molecule has 29 heavy (non-hydrogen) atoms. The zero-order valence-electron chi connectivity index (χ0n) is 16.0. The lowest BCUT2D eigenvalue weighted by Crippen LogP contribution is -2.18. The zero-order chi connectivity index (χ0) is 20.3. The number of hydrogen-bond acceptors (Lipinski definition) is 3. The number of anilines is 1. The summed E-state index contributed by atoms with van der Waals surface area (Å²) in [6.45, 7) is 0. The monoisotopic (exact) mass is 405 g/mol. The number of benzene rings is 3. The van der Waals surface area contributed by atoms with Crippen LogP contribution in [-0.4, -0.2) is 19.6 Å². The van der Waals surface area contributed by atoms with Crippen LogP contribution in [0.3, 0.4) is 0 Å². The standard InChI is InChI=1S/C24H23NO3S/c26-24(23-13-7-6-12-22(23)18-8-2-1-3-9-18)25-19-14-16-21(17-15-19)29(27,28)20-10-4-5-11-20/h1-3,6-9,12-17,20H,4-5,10-11H2,(H,25,26). The molecule has 1 N–H and O–H groups in total. The molecule has 0 bridgehead atoms. The van der Waals surface area contributed by atoms with E-state index in [4.69, 9.17) is 0 Å². The lowest BCUT2D eigenvalue weighted by Gasteiger charge is -2.13. The number of amides is 1. The van der Waals surface area contributed by atoms with Gasteiger partial charge in [-0.05, 0) is 54.3 Å². The molecular formula is C24H23NO3S. The highest BCUT2D eigenvalue weighted by atomic mass is 32.2. The van der Waals surface area contributed by atoms with Crippen molar-refractivity contribution in [2.75, 3.05) is 5.32 Å². The van der Waals surface area contributed by atoms with Crippen LogP contribution in [0.4, 0.5) is 5.69 Å². The zero-order valence-corrected chi connectivity index (χ0v) is 16.9. The van der Waals surface area contributed by atoms with Crippen molar-refractivity contribution in [3.8, 4) is 11.1 Å². The predicted molar refractivity (Wildman–Crippen MR) is 116 cm³/mol. The molecule has 4 nitrogen and oxygen atoms in total. The highest BCUT2D eigenvalue weighted by Crippen LogP contribution is 2.30. The number of rotatable bonds is 5. The predicted octanol–water partition coefficient (Wildman–Crippen LogP) is 5.32. The first-order valence-corrected chi connectivity index (χ1v) is 11.4. The van der Waals surface area contributed by atoms with Crippen LogP contribution in [0.5, 0.6) is 0 Å². The highest BCUT2D eigenvalue weighted by molar-refractivity contribution is 7.92. The summed E-state index contributed by atoms with van der Waals surface area (Å²) < 4.78 is 25.4. The third-order valence-corrected chi connectivity index (χ3v) is 7.72. The van der Waals surface area contributed by atoms with E-state index in [9.17, 15) is 13.2 Å². The maximum Gasteiger partial charge on any atom is 0.256 e. The first kappa shape index (κ1) is 19.4. The van der Waals surface area contributed by atoms with E-state index in [1.165, 1.54) is 0 Å². The Labute approximate surface area is 171 Å². The van der Waals surface area contributed by atoms with Gasteiger partial charge in [0, 0.05) is 11.3 Å². The molecule has 1 saturated carbocycles. The Hall–Kier alpha value is -2.92. The second-order valence-corrected chi connectivity index (χ2v) is 9.57. The van der Waals surface area contributed by atoms with Crippen LogP contribution >= 0.6 is 0 Å². The van der Waals surface area contributed by atoms with Crippen molar-refractivity contribution in [3.63, 3.8) is 0 Å². The molecule has 3 aromatic rings. The minimum atomic E-state index is -3.29. The normalized spacial score (nSPS) is 14.6. The third-order valence-electron chi connectivity index (χ3n) is 5.44. The molecule has 0 aliphatic heterocycles. The highest BCUT2D eigenvalue weighted by Gasteiger charge is 2.30. The molecule has 0 unspecified atom stereocenters. The van der Waals surface area contributed by atoms with Crippen molar-refractivity contribution in [2.45, 2.75) is 35.8 Å². The fourth-order valence-electron chi connectivity index (χ4n) is 3.87. The van der Waals surface area contributed by atoms with Crippen LogP contribution in [0.15, 0.2) is 83.8 Å². The molecule has 1 fully saturated rings. The summed E-state index contributed by atoms with van der Waals surface area (Å²) in [5, 5.41) is 2.61. The van der Waals surface area contributed by atoms with Gasteiger partial charge in [0.2, 0.25) is 0 Å². The SMILES string of the molecule is O=C(Nc1ccc(S(=O)(=O)C2CCCC2)cc1)c1ccccc1-c1ccccc1. The van der Waals surface area contributed by atoms with Crippen LogP contribution in [0.2, 0.25) is 0 Å². The van der Waals surface area contributed by atoms with Crippen LogP contribution in [0.25, 0.3) is 11.1 Å². The fourth-order valence-corrected chi connectivity index (χ4v) is 5.72. The van der Waals surface area contributed by atoms with Gasteiger partial charge in [-0.2, -0.15) is 0 Å². The second-order valence-electron chi connectivity index (χ2n) is 7.34. The summed E-state index contributed by atoms with van der Waals surface area (Å²) in [5.41, 5.74) is 2.96. The van der Waals surface area contributed by atoms with E-state index >= 15 is 0 Å². The molecule has 0 atom stereocenters. The number of hydrogen-bond donors (Lipinski definition) is 1. The van der Waals surface area contributed by atoms with E-state index in [2.05, 4.69) is 5.32 Å². The summed E-state index contributed by atoms with van der Waals surface area (Å²) in [5.74, 6) is -0.226. The summed E-state index contributed by atoms with van der Waals surface area (Å²) in [6.07, 6.45) is 3.41. The van der Waals surface area contributed by atoms with Gasteiger partial charge in [0.15, 0.2) is 9.84 Å². The summed E-state index contributed by atoms with van der Waals surface area (Å²) in [6, 6.07) is 23.7. The molecule has 1 aliphatic rings. The molecule has 4 rings (SSSR count). The van der Waals surface area contributed by atoms with Crippen molar-refractivity contribution < 1.29 is 13.2 Å². The van der Waals surface area contributed by atoms with E-state index in [-0.39, 0.29) is 11.2 Å². The van der Waals surface area contributed by atoms with Crippen molar-refractivity contribution in [2.24, 2.45) is 0 Å². The molecule has 0 heterocycles. The first-order valence-electron chi connectivity index (χ1n) is 9.85. The molecule has 0 radical (unpaired) electrons. The van der Waals surface area contributed by atoms with Crippen molar-refractivity contribution in [1.82, 2.24) is 0 Å². The summed E-state index contributed by atoms with van der Waals surface area (Å²) >= 11 is 0. The maximum absolute atomic E-state index is 12.9. The Morgan fingerprint density at radius 2 is 1.41 bits per heavy atom. The van der Waals surface area contributed by atoms with Gasteiger partial charge in [-0.25, -0.2) is 8.42 Å². The number of nitrogens with one attached hydrogen (secondary N) is 1. The lowest BCUT2D eigenvalue weighted by molar-refractivity contribution is 0.102. The Morgan fingerprint density at radius 1 is 0.793 bits per heavy atom. The van der Waals surface area contributed by atoms with Gasteiger partial charge in [0.25, 0.3) is 5.91 Å². The van der Waals surface area contributed by atoms with Gasteiger partial charge in [0.05, 0.1) is 10.1 Å². The van der Waals surface area contributed by atoms with E-state index in [0.29, 0.717) is 16.1 Å². The van der Waals surface area contributed by atoms with Gasteiger partial charge in [-0.15, -0.1) is 0 Å². The smallest absolute Gasteiger partial charge is 0.256 e. The Balaban J connectivity index is 1.54. The molecule has 0 spiro atoms. The topological polar surface area (TPSA) is 63.2 Å². The van der Waals surface area contributed by atoms with Crippen LogP contribution in [0, 0.1) is 0 Å². The Kier molecular flexibility index (Phi) is 5.49. The van der Waals surface area contributed by atoms with E-state index in [0.717, 1.165) is 36.8 Å². The number of sulfone groups is 1. The molecule has 0 saturated heterocycles. The van der Waals surface area contributed by atoms with Crippen molar-refractivity contribution in [1.29, 1.82) is 0 Å². The lowest BCUT2D eigenvalue weighted by atomic mass is 9.99. The first-order chi connectivity index (χ1) is 14.1. The molecule has 0 aromatic heterocycles.